The molecule has 0 bridgehead atoms. The number of halogens is 2. The van der Waals surface area contributed by atoms with Crippen LogP contribution >= 0.6 is 27.5 Å². The number of hydrogen-bond donors (Lipinski definition) is 0. The van der Waals surface area contributed by atoms with Crippen LogP contribution in [0.4, 0.5) is 0 Å². The Hall–Kier alpha value is -0.670. The molecule has 0 amide bonds. The molecule has 0 aliphatic heterocycles. The van der Waals surface area contributed by atoms with Crippen molar-refractivity contribution < 1.29 is 0 Å². The molecule has 1 aromatic heterocycles. The Labute approximate surface area is 114 Å². The quantitative estimate of drug-likeness (QED) is 0.718. The van der Waals surface area contributed by atoms with E-state index in [1.807, 2.05) is 6.07 Å². The maximum absolute atomic E-state index is 6.26. The Morgan fingerprint density at radius 3 is 2.71 bits per heavy atom. The van der Waals surface area contributed by atoms with E-state index in [0.717, 1.165) is 26.8 Å². The van der Waals surface area contributed by atoms with Gasteiger partial charge in [-0.05, 0) is 37.5 Å². The predicted octanol–water partition coefficient (Wildman–Crippen LogP) is 4.62. The monoisotopic (exact) mass is 310 g/mol. The lowest BCUT2D eigenvalue weighted by molar-refractivity contribution is 0.402. The summed E-state index contributed by atoms with van der Waals surface area (Å²) in [6.45, 7) is 2.06. The molecule has 0 atom stereocenters. The minimum atomic E-state index is 0.514. The fraction of sp³-hybridized carbons (Fsp3) is 0.385. The van der Waals surface area contributed by atoms with Gasteiger partial charge in [0, 0.05) is 15.8 Å². The van der Waals surface area contributed by atoms with Gasteiger partial charge in [-0.3, -0.25) is 0 Å². The molecule has 17 heavy (non-hydrogen) atoms. The normalized spacial score (nSPS) is 16.2. The van der Waals surface area contributed by atoms with Crippen LogP contribution in [0, 0.1) is 6.92 Å². The standard InChI is InChI=1S/C13H12BrClN2/c1-7-5-9(14)6-10-11(7)16-13(17-12(10)15)8-3-2-4-8/h5-6,8H,2-4H2,1H3. The van der Waals surface area contributed by atoms with Gasteiger partial charge in [0.25, 0.3) is 0 Å². The molecule has 0 N–H and O–H groups in total. The van der Waals surface area contributed by atoms with E-state index in [4.69, 9.17) is 11.6 Å². The summed E-state index contributed by atoms with van der Waals surface area (Å²) >= 11 is 9.73. The zero-order chi connectivity index (χ0) is 12.0. The highest BCUT2D eigenvalue weighted by Crippen LogP contribution is 2.36. The van der Waals surface area contributed by atoms with E-state index in [1.165, 1.54) is 19.3 Å². The van der Waals surface area contributed by atoms with Crippen molar-refractivity contribution in [2.45, 2.75) is 32.1 Å². The summed E-state index contributed by atoms with van der Waals surface area (Å²) in [5, 5.41) is 1.50. The van der Waals surface area contributed by atoms with Crippen molar-refractivity contribution in [1.29, 1.82) is 0 Å². The number of aryl methyl sites for hydroxylation is 1. The first-order valence-electron chi connectivity index (χ1n) is 5.78. The van der Waals surface area contributed by atoms with Gasteiger partial charge in [-0.1, -0.05) is 34.0 Å². The van der Waals surface area contributed by atoms with Crippen LogP contribution in [0.25, 0.3) is 10.9 Å². The van der Waals surface area contributed by atoms with E-state index < -0.39 is 0 Å². The lowest BCUT2D eigenvalue weighted by atomic mass is 9.85. The zero-order valence-corrected chi connectivity index (χ0v) is 11.8. The lowest BCUT2D eigenvalue weighted by Gasteiger charge is -2.24. The van der Waals surface area contributed by atoms with Crippen LogP contribution in [-0.2, 0) is 0 Å². The zero-order valence-electron chi connectivity index (χ0n) is 9.50. The predicted molar refractivity (Wildman–Crippen MR) is 73.6 cm³/mol. The summed E-state index contributed by atoms with van der Waals surface area (Å²) in [6.07, 6.45) is 3.66. The highest BCUT2D eigenvalue weighted by atomic mass is 79.9. The SMILES string of the molecule is Cc1cc(Br)cc2c(Cl)nc(C3CCC3)nc12. The molecule has 1 aliphatic rings. The smallest absolute Gasteiger partial charge is 0.140 e. The number of benzene rings is 1. The molecule has 3 rings (SSSR count). The van der Waals surface area contributed by atoms with Crippen molar-refractivity contribution >= 4 is 38.4 Å². The summed E-state index contributed by atoms with van der Waals surface area (Å²) in [6, 6.07) is 4.05. The van der Waals surface area contributed by atoms with Crippen molar-refractivity contribution in [3.63, 3.8) is 0 Å². The van der Waals surface area contributed by atoms with Gasteiger partial charge in [-0.2, -0.15) is 0 Å². The molecular formula is C13H12BrClN2. The third kappa shape index (κ3) is 1.95. The first-order chi connectivity index (χ1) is 8.15. The second-order valence-electron chi connectivity index (χ2n) is 4.62. The first-order valence-corrected chi connectivity index (χ1v) is 6.95. The number of hydrogen-bond acceptors (Lipinski definition) is 2. The van der Waals surface area contributed by atoms with E-state index in [1.54, 1.807) is 0 Å². The lowest BCUT2D eigenvalue weighted by Crippen LogP contribution is -2.13. The second-order valence-corrected chi connectivity index (χ2v) is 5.89. The third-order valence-electron chi connectivity index (χ3n) is 3.40. The summed E-state index contributed by atoms with van der Waals surface area (Å²) in [7, 11) is 0. The third-order valence-corrected chi connectivity index (χ3v) is 4.14. The highest BCUT2D eigenvalue weighted by molar-refractivity contribution is 9.10. The number of fused-ring (bicyclic) bond motifs is 1. The molecule has 4 heteroatoms. The van der Waals surface area contributed by atoms with Crippen LogP contribution in [0.5, 0.6) is 0 Å². The van der Waals surface area contributed by atoms with Gasteiger partial charge in [0.15, 0.2) is 0 Å². The van der Waals surface area contributed by atoms with Crippen molar-refractivity contribution in [2.24, 2.45) is 0 Å². The Kier molecular flexibility index (Phi) is 2.83. The molecule has 88 valence electrons. The van der Waals surface area contributed by atoms with Crippen LogP contribution < -0.4 is 0 Å². The molecule has 2 aromatic rings. The first kappa shape index (κ1) is 11.4. The number of aromatic nitrogens is 2. The Morgan fingerprint density at radius 1 is 1.29 bits per heavy atom. The van der Waals surface area contributed by atoms with Gasteiger partial charge in [0.1, 0.15) is 11.0 Å². The van der Waals surface area contributed by atoms with Gasteiger partial charge in [-0.25, -0.2) is 9.97 Å². The van der Waals surface area contributed by atoms with Crippen molar-refractivity contribution in [1.82, 2.24) is 9.97 Å². The van der Waals surface area contributed by atoms with E-state index >= 15 is 0 Å². The number of rotatable bonds is 1. The minimum Gasteiger partial charge on any atom is -0.232 e. The van der Waals surface area contributed by atoms with Crippen LogP contribution in [-0.4, -0.2) is 9.97 Å². The van der Waals surface area contributed by atoms with Gasteiger partial charge in [0.05, 0.1) is 5.52 Å². The van der Waals surface area contributed by atoms with E-state index in [-0.39, 0.29) is 0 Å². The molecule has 1 saturated carbocycles. The molecule has 0 saturated heterocycles. The Balaban J connectivity index is 2.24. The van der Waals surface area contributed by atoms with Crippen molar-refractivity contribution in [2.75, 3.05) is 0 Å². The molecule has 0 unspecified atom stereocenters. The second kappa shape index (κ2) is 4.21. The van der Waals surface area contributed by atoms with Crippen molar-refractivity contribution in [3.8, 4) is 0 Å². The van der Waals surface area contributed by atoms with Crippen molar-refractivity contribution in [3.05, 3.63) is 33.1 Å². The summed E-state index contributed by atoms with van der Waals surface area (Å²) < 4.78 is 1.02. The summed E-state index contributed by atoms with van der Waals surface area (Å²) in [4.78, 5) is 9.12. The molecule has 2 nitrogen and oxygen atoms in total. The van der Waals surface area contributed by atoms with Gasteiger partial charge in [0.2, 0.25) is 0 Å². The van der Waals surface area contributed by atoms with E-state index in [0.29, 0.717) is 11.1 Å². The summed E-state index contributed by atoms with van der Waals surface area (Å²) in [5.74, 6) is 1.43. The highest BCUT2D eigenvalue weighted by Gasteiger charge is 2.23. The van der Waals surface area contributed by atoms with Gasteiger partial charge < -0.3 is 0 Å². The molecule has 1 fully saturated rings. The van der Waals surface area contributed by atoms with Crippen LogP contribution in [0.2, 0.25) is 5.15 Å². The maximum atomic E-state index is 6.26. The Morgan fingerprint density at radius 2 is 2.06 bits per heavy atom. The topological polar surface area (TPSA) is 25.8 Å². The molecular weight excluding hydrogens is 300 g/mol. The fourth-order valence-electron chi connectivity index (χ4n) is 2.19. The van der Waals surface area contributed by atoms with Crippen LogP contribution in [0.15, 0.2) is 16.6 Å². The average molecular weight is 312 g/mol. The van der Waals surface area contributed by atoms with Crippen LogP contribution in [0.1, 0.15) is 36.6 Å². The van der Waals surface area contributed by atoms with Gasteiger partial charge in [-0.15, -0.1) is 0 Å². The molecule has 1 heterocycles. The largest absolute Gasteiger partial charge is 0.232 e. The minimum absolute atomic E-state index is 0.514. The van der Waals surface area contributed by atoms with Gasteiger partial charge >= 0.3 is 0 Å². The Bertz CT molecular complexity index is 593. The molecule has 1 aliphatic carbocycles. The van der Waals surface area contributed by atoms with Crippen LogP contribution in [0.3, 0.4) is 0 Å². The molecule has 0 spiro atoms. The molecule has 1 aromatic carbocycles. The van der Waals surface area contributed by atoms with E-state index in [9.17, 15) is 0 Å². The fourth-order valence-corrected chi connectivity index (χ4v) is 2.99. The average Bonchev–Trinajstić information content (AvgIpc) is 2.17. The molecule has 0 radical (unpaired) electrons. The maximum Gasteiger partial charge on any atom is 0.140 e. The number of nitrogens with zero attached hydrogens (tertiary/aromatic N) is 2. The summed E-state index contributed by atoms with van der Waals surface area (Å²) in [5.41, 5.74) is 2.12. The van der Waals surface area contributed by atoms with E-state index in [2.05, 4.69) is 38.9 Å².